The smallest absolute Gasteiger partial charge is 0.240 e. The van der Waals surface area contributed by atoms with Crippen molar-refractivity contribution in [3.05, 3.63) is 59.4 Å². The van der Waals surface area contributed by atoms with Crippen LogP contribution in [0.15, 0.2) is 47.4 Å². The highest BCUT2D eigenvalue weighted by Crippen LogP contribution is 2.27. The molecule has 0 saturated heterocycles. The third-order valence-electron chi connectivity index (χ3n) is 6.68. The number of nitrogen functional groups attached to an aromatic ring is 1. The Bertz CT molecular complexity index is 1080. The summed E-state index contributed by atoms with van der Waals surface area (Å²) in [5.74, 6) is -0.564. The van der Waals surface area contributed by atoms with Crippen LogP contribution in [0.5, 0.6) is 0 Å². The van der Waals surface area contributed by atoms with E-state index in [2.05, 4.69) is 10.0 Å². The summed E-state index contributed by atoms with van der Waals surface area (Å²) in [4.78, 5) is 12.8. The Morgan fingerprint density at radius 3 is 2.40 bits per heavy atom. The van der Waals surface area contributed by atoms with Crippen LogP contribution >= 0.6 is 0 Å². The summed E-state index contributed by atoms with van der Waals surface area (Å²) in [5.41, 5.74) is 8.29. The van der Waals surface area contributed by atoms with Crippen molar-refractivity contribution in [3.63, 3.8) is 0 Å². The van der Waals surface area contributed by atoms with Gasteiger partial charge < -0.3 is 16.2 Å². The number of aliphatic hydroxyl groups is 1. The van der Waals surface area contributed by atoms with Gasteiger partial charge in [-0.25, -0.2) is 17.5 Å². The predicted molar refractivity (Wildman–Crippen MR) is 135 cm³/mol. The van der Waals surface area contributed by atoms with Crippen LogP contribution in [0, 0.1) is 11.7 Å². The van der Waals surface area contributed by atoms with Gasteiger partial charge in [-0.05, 0) is 87.3 Å². The highest BCUT2D eigenvalue weighted by atomic mass is 32.2. The lowest BCUT2D eigenvalue weighted by Gasteiger charge is -2.29. The van der Waals surface area contributed by atoms with Crippen molar-refractivity contribution in [2.24, 2.45) is 5.92 Å². The summed E-state index contributed by atoms with van der Waals surface area (Å²) in [6.45, 7) is 2.02. The number of nitrogens with two attached hydrogens (primary N) is 1. The fourth-order valence-corrected chi connectivity index (χ4v) is 5.84. The number of anilines is 1. The van der Waals surface area contributed by atoms with E-state index in [1.807, 2.05) is 6.92 Å². The van der Waals surface area contributed by atoms with Crippen LogP contribution in [0.3, 0.4) is 0 Å². The molecule has 192 valence electrons. The number of unbranched alkanes of at least 4 members (excludes halogenated alkanes) is 2. The molecule has 0 spiro atoms. The number of sulfonamides is 1. The molecule has 2 aromatic carbocycles. The van der Waals surface area contributed by atoms with E-state index < -0.39 is 10.0 Å². The molecule has 1 saturated carbocycles. The van der Waals surface area contributed by atoms with Crippen LogP contribution in [0.2, 0.25) is 0 Å². The normalized spacial score (nSPS) is 19.3. The van der Waals surface area contributed by atoms with Crippen molar-refractivity contribution in [1.82, 2.24) is 10.0 Å². The van der Waals surface area contributed by atoms with E-state index in [1.54, 1.807) is 24.3 Å². The van der Waals surface area contributed by atoms with Gasteiger partial charge in [0.25, 0.3) is 0 Å². The van der Waals surface area contributed by atoms with Gasteiger partial charge in [0.2, 0.25) is 15.9 Å². The number of aliphatic hydroxyl groups excluding tert-OH is 1. The zero-order valence-electron chi connectivity index (χ0n) is 20.2. The van der Waals surface area contributed by atoms with Gasteiger partial charge in [0.15, 0.2) is 0 Å². The third kappa shape index (κ3) is 7.75. The molecule has 0 radical (unpaired) electrons. The molecule has 0 heterocycles. The van der Waals surface area contributed by atoms with Crippen LogP contribution in [0.4, 0.5) is 10.1 Å². The molecular formula is C26H36FN3O4S. The zero-order chi connectivity index (χ0) is 25.4. The molecule has 35 heavy (non-hydrogen) atoms. The number of amides is 1. The van der Waals surface area contributed by atoms with Crippen molar-refractivity contribution < 1.29 is 22.7 Å². The zero-order valence-corrected chi connectivity index (χ0v) is 21.0. The first-order chi connectivity index (χ1) is 16.7. The Balaban J connectivity index is 1.50. The minimum Gasteiger partial charge on any atom is -0.398 e. The third-order valence-corrected chi connectivity index (χ3v) is 8.20. The molecule has 7 nitrogen and oxygen atoms in total. The van der Waals surface area contributed by atoms with Gasteiger partial charge in [0.05, 0.1) is 10.9 Å². The van der Waals surface area contributed by atoms with E-state index in [4.69, 9.17) is 10.8 Å². The summed E-state index contributed by atoms with van der Waals surface area (Å²) >= 11 is 0. The molecule has 3 rings (SSSR count). The maximum Gasteiger partial charge on any atom is 0.240 e. The monoisotopic (exact) mass is 505 g/mol. The van der Waals surface area contributed by atoms with Gasteiger partial charge in [-0.15, -0.1) is 0 Å². The molecule has 1 fully saturated rings. The van der Waals surface area contributed by atoms with Crippen LogP contribution in [-0.4, -0.2) is 32.1 Å². The second-order valence-corrected chi connectivity index (χ2v) is 11.1. The molecule has 1 aliphatic carbocycles. The Morgan fingerprint density at radius 2 is 1.77 bits per heavy atom. The second kappa shape index (κ2) is 12.5. The first-order valence-corrected chi connectivity index (χ1v) is 13.8. The SMILES string of the molecule is C[C@@H](NC(=O)C1CCC(NS(=O)(=O)c2ccc(CCCCCO)c(N)c2)CC1)c1ccc(F)cc1. The number of hydrogen-bond acceptors (Lipinski definition) is 5. The van der Waals surface area contributed by atoms with Crippen molar-refractivity contribution in [2.75, 3.05) is 12.3 Å². The molecule has 9 heteroatoms. The molecule has 1 aliphatic rings. The standard InChI is InChI=1S/C26H36FN3O4S/c1-18(19-6-11-22(27)12-7-19)29-26(32)21-8-13-23(14-9-21)30-35(33,34)24-15-10-20(25(28)17-24)5-3-2-4-16-31/h6-7,10-12,15,17-18,21,23,30-31H,2-5,8-9,13-14,16,28H2,1H3,(H,29,32)/t18-,21?,23?/m1/s1. The number of benzene rings is 2. The molecule has 0 aromatic heterocycles. The topological polar surface area (TPSA) is 122 Å². The fourth-order valence-electron chi connectivity index (χ4n) is 4.50. The molecule has 0 bridgehead atoms. The highest BCUT2D eigenvalue weighted by molar-refractivity contribution is 7.89. The molecule has 1 amide bonds. The van der Waals surface area contributed by atoms with Gasteiger partial charge in [-0.2, -0.15) is 0 Å². The summed E-state index contributed by atoms with van der Waals surface area (Å²) in [7, 11) is -3.72. The molecule has 2 aromatic rings. The highest BCUT2D eigenvalue weighted by Gasteiger charge is 2.30. The van der Waals surface area contributed by atoms with Gasteiger partial charge in [-0.1, -0.05) is 24.6 Å². The number of aryl methyl sites for hydroxylation is 1. The van der Waals surface area contributed by atoms with Crippen LogP contribution in [-0.2, 0) is 21.2 Å². The summed E-state index contributed by atoms with van der Waals surface area (Å²) < 4.78 is 41.7. The van der Waals surface area contributed by atoms with Crippen molar-refractivity contribution in [2.45, 2.75) is 75.3 Å². The lowest BCUT2D eigenvalue weighted by atomic mass is 9.85. The summed E-state index contributed by atoms with van der Waals surface area (Å²) in [6.07, 6.45) is 5.58. The summed E-state index contributed by atoms with van der Waals surface area (Å²) in [5, 5.41) is 11.9. The Morgan fingerprint density at radius 1 is 1.09 bits per heavy atom. The van der Waals surface area contributed by atoms with E-state index in [1.165, 1.54) is 18.2 Å². The van der Waals surface area contributed by atoms with E-state index in [9.17, 15) is 17.6 Å². The lowest BCUT2D eigenvalue weighted by molar-refractivity contribution is -0.126. The van der Waals surface area contributed by atoms with Crippen molar-refractivity contribution in [3.8, 4) is 0 Å². The number of rotatable bonds is 11. The maximum absolute atomic E-state index is 13.1. The Labute approximate surface area is 207 Å². The first-order valence-electron chi connectivity index (χ1n) is 12.3. The minimum atomic E-state index is -3.72. The average molecular weight is 506 g/mol. The van der Waals surface area contributed by atoms with Gasteiger partial charge in [0, 0.05) is 24.3 Å². The van der Waals surface area contributed by atoms with Gasteiger partial charge in [0.1, 0.15) is 5.82 Å². The quantitative estimate of drug-likeness (QED) is 0.273. The van der Waals surface area contributed by atoms with Crippen LogP contribution in [0.1, 0.15) is 69.0 Å². The maximum atomic E-state index is 13.1. The molecule has 1 atom stereocenters. The lowest BCUT2D eigenvalue weighted by Crippen LogP contribution is -2.41. The van der Waals surface area contributed by atoms with E-state index >= 15 is 0 Å². The predicted octanol–water partition coefficient (Wildman–Crippen LogP) is 3.83. The van der Waals surface area contributed by atoms with E-state index in [0.717, 1.165) is 36.8 Å². The van der Waals surface area contributed by atoms with Gasteiger partial charge >= 0.3 is 0 Å². The minimum absolute atomic E-state index is 0.0644. The number of nitrogens with one attached hydrogen (secondary N) is 2. The largest absolute Gasteiger partial charge is 0.398 e. The van der Waals surface area contributed by atoms with Gasteiger partial charge in [-0.3, -0.25) is 4.79 Å². The number of hydrogen-bond donors (Lipinski definition) is 4. The Hall–Kier alpha value is -2.49. The van der Waals surface area contributed by atoms with Crippen LogP contribution in [0.25, 0.3) is 0 Å². The molecule has 5 N–H and O–H groups in total. The first kappa shape index (κ1) is 27.1. The molecular weight excluding hydrogens is 469 g/mol. The van der Waals surface area contributed by atoms with E-state index in [0.29, 0.717) is 31.4 Å². The second-order valence-electron chi connectivity index (χ2n) is 9.35. The number of carbonyl (C=O) groups is 1. The van der Waals surface area contributed by atoms with Crippen molar-refractivity contribution >= 4 is 21.6 Å². The fraction of sp³-hybridized carbons (Fsp3) is 0.500. The van der Waals surface area contributed by atoms with Crippen molar-refractivity contribution in [1.29, 1.82) is 0 Å². The van der Waals surface area contributed by atoms with E-state index in [-0.39, 0.29) is 41.2 Å². The number of halogens is 1. The summed E-state index contributed by atoms with van der Waals surface area (Å²) in [6, 6.07) is 10.4. The average Bonchev–Trinajstić information content (AvgIpc) is 2.83. The Kier molecular flexibility index (Phi) is 9.65. The number of carbonyl (C=O) groups excluding carboxylic acids is 1. The van der Waals surface area contributed by atoms with Crippen LogP contribution < -0.4 is 15.8 Å². The molecule has 0 unspecified atom stereocenters. The molecule has 0 aliphatic heterocycles.